The molecule has 10 rings (SSSR count). The minimum Gasteiger partial charge on any atom is -0.507 e. The number of nitrogens with one attached hydrogen (secondary N) is 4. The Kier molecular flexibility index (Phi) is 24.3. The van der Waals surface area contributed by atoms with Gasteiger partial charge in [-0.1, -0.05) is 91.8 Å². The number of methoxy groups -OCH3 is 2. The van der Waals surface area contributed by atoms with Gasteiger partial charge in [-0.05, 0) is 39.8 Å². The molecular weight excluding hydrogens is 1350 g/mol. The molecular formula is C76H94N4O24. The number of Topliss-reactive ketones (excluding diaryl/α,β-unsaturated/α-hetero) is 4. The Morgan fingerprint density at radius 1 is 0.490 bits per heavy atom. The van der Waals surface area contributed by atoms with E-state index in [0.29, 0.717) is 0 Å². The van der Waals surface area contributed by atoms with Gasteiger partial charge in [0.1, 0.15) is 35.2 Å². The Morgan fingerprint density at radius 3 is 1.14 bits per heavy atom. The Balaban J connectivity index is 1.26. The lowest BCUT2D eigenvalue weighted by Crippen LogP contribution is -2.46. The Morgan fingerprint density at radius 2 is 0.827 bits per heavy atom. The molecule has 2 aromatic rings. The molecule has 10 bridgehead atoms. The first-order valence-corrected chi connectivity index (χ1v) is 34.0. The van der Waals surface area contributed by atoms with E-state index in [4.69, 9.17) is 37.9 Å². The second-order valence-electron chi connectivity index (χ2n) is 27.8. The van der Waals surface area contributed by atoms with Crippen LogP contribution in [0.15, 0.2) is 107 Å². The van der Waals surface area contributed by atoms with Crippen LogP contribution in [0.5, 0.6) is 23.0 Å². The molecule has 2 aliphatic carbocycles. The lowest BCUT2D eigenvalue weighted by Gasteiger charge is -2.38. The van der Waals surface area contributed by atoms with Crippen LogP contribution in [-0.2, 0) is 47.6 Å². The van der Waals surface area contributed by atoms with Gasteiger partial charge in [0.05, 0.1) is 105 Å². The van der Waals surface area contributed by atoms with E-state index >= 15 is 9.59 Å². The Labute approximate surface area is 602 Å². The number of ether oxygens (including phenoxy) is 8. The number of rotatable bonds is 7. The highest BCUT2D eigenvalue weighted by atomic mass is 16.7. The summed E-state index contributed by atoms with van der Waals surface area (Å²) in [5.74, 6) is -22.2. The number of carbonyl (C=O) groups excluding carboxylic acids is 8. The summed E-state index contributed by atoms with van der Waals surface area (Å²) in [5, 5.41) is 101. The molecule has 0 radical (unpaired) electrons. The molecule has 0 saturated carbocycles. The van der Waals surface area contributed by atoms with Gasteiger partial charge in [0.2, 0.25) is 0 Å². The van der Waals surface area contributed by atoms with Gasteiger partial charge in [0.25, 0.3) is 23.4 Å². The summed E-state index contributed by atoms with van der Waals surface area (Å²) in [6.45, 7) is 23.5. The number of carbonyl (C=O) groups is 8. The molecule has 6 heterocycles. The monoisotopic (exact) mass is 1450 g/mol. The summed E-state index contributed by atoms with van der Waals surface area (Å²) in [4.78, 5) is 115. The van der Waals surface area contributed by atoms with Gasteiger partial charge in [-0.3, -0.25) is 38.4 Å². The van der Waals surface area contributed by atoms with Crippen molar-refractivity contribution < 1.29 is 117 Å². The van der Waals surface area contributed by atoms with Crippen LogP contribution in [0.25, 0.3) is 11.5 Å². The van der Waals surface area contributed by atoms with Crippen LogP contribution in [-0.4, -0.2) is 162 Å². The number of aromatic hydroxyl groups is 2. The maximum atomic E-state index is 15.5. The summed E-state index contributed by atoms with van der Waals surface area (Å²) in [6, 6.07) is 0. The standard InChI is InChI=1S/C76H94N4O24/c1-31-21-19-23-33(3)73(95)79-55-45(63(89)49-51(65(55)91)61(87)41(11)69-53(49)71(93)75(15,103-69)99-27-25-47(97-17)35(5)67(101-43(13)81)39(9)59(85)37(7)57(31)83)29-77-78-30-46-56-66(92)52-50(64(46)90)54-70(42(12)62(52)88)104-76(16,72(54)94)100-28-26-48(98-18)36(6)68(102-44(14)82)40(10)60(86)38(8)58(84)32(2)22-20-24-34(4)74(96)80-56/h19-32,35-40,47-48,57-60,67-68,77-78,83-88,91-92H,1-18H3,(H,79,95)(H,80,96)/b21-19-,22-20+,27-25-,28-26+,33-23-,34-24?,45-29+,46-30-. The Hall–Kier alpha value is -9.84. The van der Waals surface area contributed by atoms with Crippen LogP contribution < -0.4 is 31.0 Å². The fourth-order valence-electron chi connectivity index (χ4n) is 14.0. The van der Waals surface area contributed by atoms with E-state index in [1.807, 2.05) is 0 Å². The minimum absolute atomic E-state index is 0.0507. The highest BCUT2D eigenvalue weighted by molar-refractivity contribution is 6.27. The van der Waals surface area contributed by atoms with Crippen LogP contribution >= 0.6 is 0 Å². The first-order chi connectivity index (χ1) is 48.7. The number of phenols is 2. The fraction of sp³-hybridized carbons (Fsp3) is 0.474. The number of hydrogen-bond donors (Lipinski definition) is 12. The first-order valence-electron chi connectivity index (χ1n) is 34.0. The summed E-state index contributed by atoms with van der Waals surface area (Å²) in [5.41, 5.74) is -1.12. The molecule has 0 saturated heterocycles. The van der Waals surface area contributed by atoms with E-state index in [0.717, 1.165) is 24.9 Å². The topological polar surface area (TPSA) is 420 Å². The number of amides is 2. The predicted octanol–water partition coefficient (Wildman–Crippen LogP) is 7.46. The molecule has 0 aromatic heterocycles. The second kappa shape index (κ2) is 31.6. The zero-order valence-electron chi connectivity index (χ0n) is 61.3. The largest absolute Gasteiger partial charge is 0.507 e. The number of aliphatic hydroxyl groups excluding tert-OH is 6. The lowest BCUT2D eigenvalue weighted by molar-refractivity contribution is -0.161. The molecule has 2 aromatic carbocycles. The molecule has 18 atom stereocenters. The van der Waals surface area contributed by atoms with Crippen molar-refractivity contribution in [3.05, 3.63) is 152 Å². The number of esters is 2. The number of hydrogen-bond acceptors (Lipinski definition) is 26. The van der Waals surface area contributed by atoms with E-state index < -0.39 is 234 Å². The number of allylic oxidation sites excluding steroid dienone is 6. The number of hydrazine groups is 1. The molecule has 12 N–H and O–H groups in total. The van der Waals surface area contributed by atoms with Crippen molar-refractivity contribution in [1.82, 2.24) is 21.5 Å². The summed E-state index contributed by atoms with van der Waals surface area (Å²) < 4.78 is 47.6. The van der Waals surface area contributed by atoms with Crippen molar-refractivity contribution in [2.75, 3.05) is 14.2 Å². The normalized spacial score (nSPS) is 34.2. The fourth-order valence-corrected chi connectivity index (χ4v) is 14.0. The van der Waals surface area contributed by atoms with Crippen molar-refractivity contribution >= 4 is 58.4 Å². The van der Waals surface area contributed by atoms with Crippen molar-refractivity contribution in [3.63, 3.8) is 0 Å². The zero-order chi connectivity index (χ0) is 77.4. The second-order valence-corrected chi connectivity index (χ2v) is 27.8. The average Bonchev–Trinajstić information content (AvgIpc) is 1.47. The number of phenolic OH excluding ortho intramolecular Hbond substituents is 2. The van der Waals surface area contributed by atoms with Gasteiger partial charge < -0.3 is 100 Å². The van der Waals surface area contributed by atoms with E-state index in [9.17, 15) is 69.6 Å². The van der Waals surface area contributed by atoms with Crippen LogP contribution in [0.2, 0.25) is 0 Å². The molecule has 562 valence electrons. The third-order valence-electron chi connectivity index (χ3n) is 20.5. The van der Waals surface area contributed by atoms with Gasteiger partial charge in [-0.25, -0.2) is 0 Å². The first kappa shape index (κ1) is 79.9. The third-order valence-corrected chi connectivity index (χ3v) is 20.5. The number of benzene rings is 2. The van der Waals surface area contributed by atoms with Crippen molar-refractivity contribution in [2.24, 2.45) is 47.3 Å². The molecule has 0 fully saturated rings. The molecule has 6 aliphatic heterocycles. The van der Waals surface area contributed by atoms with Crippen molar-refractivity contribution in [3.8, 4) is 23.0 Å². The summed E-state index contributed by atoms with van der Waals surface area (Å²) >= 11 is 0. The van der Waals surface area contributed by atoms with E-state index in [1.165, 1.54) is 106 Å². The molecule has 28 nitrogen and oxygen atoms in total. The Bertz CT molecular complexity index is 3910. The number of ketones is 4. The molecule has 8 aliphatic rings. The summed E-state index contributed by atoms with van der Waals surface area (Å²) in [7, 11) is 2.73. The van der Waals surface area contributed by atoms with Crippen LogP contribution in [0.3, 0.4) is 0 Å². The van der Waals surface area contributed by atoms with Crippen molar-refractivity contribution in [2.45, 2.75) is 171 Å². The van der Waals surface area contributed by atoms with Gasteiger partial charge in [-0.2, -0.15) is 0 Å². The van der Waals surface area contributed by atoms with Gasteiger partial charge in [0, 0.05) is 124 Å². The summed E-state index contributed by atoms with van der Waals surface area (Å²) in [6.07, 6.45) is 6.62. The van der Waals surface area contributed by atoms with E-state index in [2.05, 4.69) is 21.5 Å². The number of aliphatic hydroxyl groups is 6. The molecule has 28 heteroatoms. The number of fused-ring (bicyclic) bond motifs is 28. The molecule has 2 amide bonds. The average molecular weight is 1450 g/mol. The quantitative estimate of drug-likeness (QED) is 0.0554. The predicted molar refractivity (Wildman–Crippen MR) is 375 cm³/mol. The van der Waals surface area contributed by atoms with Crippen LogP contribution in [0.1, 0.15) is 161 Å². The smallest absolute Gasteiger partial charge is 0.312 e. The van der Waals surface area contributed by atoms with E-state index in [-0.39, 0.29) is 33.8 Å². The van der Waals surface area contributed by atoms with Gasteiger partial charge in [0.15, 0.2) is 23.1 Å². The van der Waals surface area contributed by atoms with Crippen LogP contribution in [0, 0.1) is 61.2 Å². The van der Waals surface area contributed by atoms with Gasteiger partial charge >= 0.3 is 23.5 Å². The SMILES string of the molecule is COC1/C=C\OC2(C)Oc3c(C)c(O)c4c(c3C2=O)C(=O)/C(=C/NN/C=C2\C(=O)c3c5c(O)c(C)c6c3C(=O)C(C)(O/C=C/C(OC)C(C)C(OC(C)=O)C(C)C(O)C(C)C(O)C(C)/C=C/C=C(C)C(=O)NC2=C5O)O6)C(=C4O)NC(=O)/C(C)=C\C=C/C(C)C(O)C(C)C(O)C(C)C(OC(C)=O)C1C. The molecule has 104 heavy (non-hydrogen) atoms. The minimum atomic E-state index is -2.31. The van der Waals surface area contributed by atoms with Gasteiger partial charge in [-0.15, -0.1) is 0 Å². The zero-order valence-corrected chi connectivity index (χ0v) is 61.3. The third kappa shape index (κ3) is 15.1. The molecule has 0 spiro atoms. The maximum absolute atomic E-state index is 15.5. The maximum Gasteiger partial charge on any atom is 0.312 e. The highest BCUT2D eigenvalue weighted by Gasteiger charge is 2.55. The lowest BCUT2D eigenvalue weighted by atomic mass is 9.78. The highest BCUT2D eigenvalue weighted by Crippen LogP contribution is 2.53. The van der Waals surface area contributed by atoms with Crippen LogP contribution in [0.4, 0.5) is 0 Å². The van der Waals surface area contributed by atoms with E-state index in [1.54, 1.807) is 67.5 Å². The van der Waals surface area contributed by atoms with Crippen molar-refractivity contribution in [1.29, 1.82) is 0 Å². The molecule has 18 unspecified atom stereocenters.